The summed E-state index contributed by atoms with van der Waals surface area (Å²) < 4.78 is 0. The molecule has 1 N–H and O–H groups in total. The Labute approximate surface area is 109 Å². The first kappa shape index (κ1) is 11.3. The number of carboxylic acids is 1. The van der Waals surface area contributed by atoms with E-state index in [0.717, 1.165) is 24.2 Å². The van der Waals surface area contributed by atoms with Gasteiger partial charge in [-0.3, -0.25) is 4.79 Å². The third kappa shape index (κ3) is 1.09. The molecule has 0 spiro atoms. The van der Waals surface area contributed by atoms with E-state index in [-0.39, 0.29) is 16.2 Å². The maximum atomic E-state index is 12.0. The van der Waals surface area contributed by atoms with Crippen molar-refractivity contribution >= 4 is 5.97 Å². The second-order valence-corrected chi connectivity index (χ2v) is 8.47. The van der Waals surface area contributed by atoms with Crippen LogP contribution in [0.1, 0.15) is 58.8 Å². The highest BCUT2D eigenvalue weighted by Crippen LogP contribution is 2.79. The zero-order chi connectivity index (χ0) is 12.8. The quantitative estimate of drug-likeness (QED) is 0.809. The summed E-state index contributed by atoms with van der Waals surface area (Å²) in [4.78, 5) is 12.0. The van der Waals surface area contributed by atoms with E-state index < -0.39 is 5.97 Å². The van der Waals surface area contributed by atoms with Gasteiger partial charge in [0.2, 0.25) is 0 Å². The molecule has 4 bridgehead atoms. The lowest BCUT2D eigenvalue weighted by Crippen LogP contribution is -2.53. The Kier molecular flexibility index (Phi) is 1.86. The van der Waals surface area contributed by atoms with Crippen LogP contribution in [-0.4, -0.2) is 11.1 Å². The van der Waals surface area contributed by atoms with Crippen molar-refractivity contribution in [2.45, 2.75) is 58.8 Å². The highest BCUT2D eigenvalue weighted by Gasteiger charge is 2.77. The molecule has 0 amide bonds. The predicted molar refractivity (Wildman–Crippen MR) is 69.1 cm³/mol. The smallest absolute Gasteiger partial charge is 0.310 e. The summed E-state index contributed by atoms with van der Waals surface area (Å²) in [6, 6.07) is 0. The minimum absolute atomic E-state index is 0.0322. The van der Waals surface area contributed by atoms with Crippen LogP contribution in [0, 0.1) is 34.0 Å². The maximum Gasteiger partial charge on any atom is 0.310 e. The molecule has 5 fully saturated rings. The van der Waals surface area contributed by atoms with E-state index in [1.807, 2.05) is 0 Å². The second kappa shape index (κ2) is 2.96. The van der Waals surface area contributed by atoms with Gasteiger partial charge in [-0.15, -0.1) is 0 Å². The lowest BCUT2D eigenvalue weighted by atomic mass is 9.44. The Morgan fingerprint density at radius 2 is 1.39 bits per heavy atom. The van der Waals surface area contributed by atoms with Crippen molar-refractivity contribution in [2.75, 3.05) is 0 Å². The van der Waals surface area contributed by atoms with Gasteiger partial charge in [-0.1, -0.05) is 13.8 Å². The molecule has 0 aromatic rings. The molecule has 0 saturated heterocycles. The number of rotatable bonds is 2. The molecular weight excluding hydrogens is 224 g/mol. The summed E-state index contributed by atoms with van der Waals surface area (Å²) in [5.74, 6) is 2.06. The van der Waals surface area contributed by atoms with Crippen molar-refractivity contribution < 1.29 is 9.90 Å². The standard InChI is InChI=1S/C16H24O2/c1-14(2)9-16(14,13(17)18)15-6-10-3-11(7-15)5-12(4-10)8-15/h10-12H,3-9H2,1-2H3,(H,17,18). The topological polar surface area (TPSA) is 37.3 Å². The van der Waals surface area contributed by atoms with E-state index in [1.165, 1.54) is 38.5 Å². The van der Waals surface area contributed by atoms with Crippen LogP contribution in [0.3, 0.4) is 0 Å². The van der Waals surface area contributed by atoms with Crippen LogP contribution in [0.2, 0.25) is 0 Å². The van der Waals surface area contributed by atoms with Crippen LogP contribution in [0.4, 0.5) is 0 Å². The van der Waals surface area contributed by atoms with Crippen molar-refractivity contribution in [1.29, 1.82) is 0 Å². The maximum absolute atomic E-state index is 12.0. The molecule has 2 nitrogen and oxygen atoms in total. The molecule has 5 aliphatic carbocycles. The Balaban J connectivity index is 1.78. The predicted octanol–water partition coefficient (Wildman–Crippen LogP) is 3.70. The first-order chi connectivity index (χ1) is 8.39. The van der Waals surface area contributed by atoms with Crippen molar-refractivity contribution in [3.05, 3.63) is 0 Å². The normalized spacial score (nSPS) is 55.6. The van der Waals surface area contributed by atoms with E-state index >= 15 is 0 Å². The molecule has 100 valence electrons. The van der Waals surface area contributed by atoms with Gasteiger partial charge in [0.25, 0.3) is 0 Å². The number of hydrogen-bond donors (Lipinski definition) is 1. The minimum atomic E-state index is -0.491. The van der Waals surface area contributed by atoms with Crippen molar-refractivity contribution in [1.82, 2.24) is 0 Å². The zero-order valence-electron chi connectivity index (χ0n) is 11.5. The number of carbonyl (C=O) groups is 1. The highest BCUT2D eigenvalue weighted by molar-refractivity contribution is 5.81. The average Bonchev–Trinajstić information content (AvgIpc) is 2.82. The third-order valence-corrected chi connectivity index (χ3v) is 7.05. The molecule has 18 heavy (non-hydrogen) atoms. The third-order valence-electron chi connectivity index (χ3n) is 7.05. The van der Waals surface area contributed by atoms with E-state index in [9.17, 15) is 9.90 Å². The van der Waals surface area contributed by atoms with Crippen LogP contribution in [-0.2, 0) is 4.79 Å². The van der Waals surface area contributed by atoms with Crippen LogP contribution < -0.4 is 0 Å². The van der Waals surface area contributed by atoms with Gasteiger partial charge in [0.05, 0.1) is 5.41 Å². The highest BCUT2D eigenvalue weighted by atomic mass is 16.4. The lowest BCUT2D eigenvalue weighted by Gasteiger charge is -2.60. The van der Waals surface area contributed by atoms with Gasteiger partial charge in [0.1, 0.15) is 0 Å². The number of hydrogen-bond acceptors (Lipinski definition) is 1. The van der Waals surface area contributed by atoms with Gasteiger partial charge in [-0.05, 0) is 73.5 Å². The summed E-state index contributed by atoms with van der Waals surface area (Å²) in [7, 11) is 0. The van der Waals surface area contributed by atoms with Gasteiger partial charge >= 0.3 is 5.97 Å². The van der Waals surface area contributed by atoms with Gasteiger partial charge in [-0.2, -0.15) is 0 Å². The summed E-state index contributed by atoms with van der Waals surface area (Å²) in [5.41, 5.74) is -0.183. The number of carboxylic acid groups (broad SMARTS) is 1. The first-order valence-electron chi connectivity index (χ1n) is 7.62. The lowest BCUT2D eigenvalue weighted by molar-refractivity contribution is -0.166. The fourth-order valence-corrected chi connectivity index (χ4v) is 6.75. The van der Waals surface area contributed by atoms with E-state index in [4.69, 9.17) is 0 Å². The molecular formula is C16H24O2. The average molecular weight is 248 g/mol. The summed E-state index contributed by atoms with van der Waals surface area (Å²) in [5, 5.41) is 9.90. The van der Waals surface area contributed by atoms with Crippen molar-refractivity contribution in [3.8, 4) is 0 Å². The molecule has 0 radical (unpaired) electrons. The molecule has 1 unspecified atom stereocenters. The van der Waals surface area contributed by atoms with Gasteiger partial charge < -0.3 is 5.11 Å². The first-order valence-corrected chi connectivity index (χ1v) is 7.62. The van der Waals surface area contributed by atoms with Gasteiger partial charge in [0, 0.05) is 0 Å². The molecule has 0 aliphatic heterocycles. The molecule has 0 aromatic carbocycles. The monoisotopic (exact) mass is 248 g/mol. The molecule has 5 saturated carbocycles. The SMILES string of the molecule is CC1(C)CC1(C(=O)O)C12CC3CC(CC(C3)C1)C2. The van der Waals surface area contributed by atoms with E-state index in [2.05, 4.69) is 13.8 Å². The second-order valence-electron chi connectivity index (χ2n) is 8.47. The molecule has 2 heteroatoms. The molecule has 1 atom stereocenters. The minimum Gasteiger partial charge on any atom is -0.481 e. The van der Waals surface area contributed by atoms with Gasteiger partial charge in [0.15, 0.2) is 0 Å². The van der Waals surface area contributed by atoms with Crippen molar-refractivity contribution in [3.63, 3.8) is 0 Å². The molecule has 0 aromatic heterocycles. The Bertz CT molecular complexity index is 388. The Morgan fingerprint density at radius 1 is 1.00 bits per heavy atom. The van der Waals surface area contributed by atoms with Crippen molar-refractivity contribution in [2.24, 2.45) is 34.0 Å². The van der Waals surface area contributed by atoms with Gasteiger partial charge in [-0.25, -0.2) is 0 Å². The zero-order valence-corrected chi connectivity index (χ0v) is 11.5. The summed E-state index contributed by atoms with van der Waals surface area (Å²) >= 11 is 0. The molecule has 5 rings (SSSR count). The Hall–Kier alpha value is -0.530. The van der Waals surface area contributed by atoms with Crippen LogP contribution in [0.25, 0.3) is 0 Å². The largest absolute Gasteiger partial charge is 0.481 e. The summed E-state index contributed by atoms with van der Waals surface area (Å²) in [6.07, 6.45) is 8.76. The summed E-state index contributed by atoms with van der Waals surface area (Å²) in [6.45, 7) is 4.36. The fraction of sp³-hybridized carbons (Fsp3) is 0.938. The molecule has 5 aliphatic rings. The van der Waals surface area contributed by atoms with E-state index in [0.29, 0.717) is 0 Å². The molecule has 0 heterocycles. The van der Waals surface area contributed by atoms with Crippen LogP contribution in [0.15, 0.2) is 0 Å². The Morgan fingerprint density at radius 3 is 1.67 bits per heavy atom. The number of aliphatic carboxylic acids is 1. The van der Waals surface area contributed by atoms with E-state index in [1.54, 1.807) is 0 Å². The fourth-order valence-electron chi connectivity index (χ4n) is 6.75. The van der Waals surface area contributed by atoms with Crippen LogP contribution in [0.5, 0.6) is 0 Å². The van der Waals surface area contributed by atoms with Crippen LogP contribution >= 0.6 is 0 Å².